The van der Waals surface area contributed by atoms with Gasteiger partial charge in [0.25, 0.3) is 5.91 Å². The monoisotopic (exact) mass is 268 g/mol. The molecule has 2 heterocycles. The first-order valence-corrected chi connectivity index (χ1v) is 6.02. The van der Waals surface area contributed by atoms with E-state index in [9.17, 15) is 9.59 Å². The third kappa shape index (κ3) is 2.76. The molecule has 0 spiro atoms. The maximum Gasteiger partial charge on any atom is 0.274 e. The maximum absolute atomic E-state index is 12.1. The lowest BCUT2D eigenvalue weighted by atomic mass is 9.96. The summed E-state index contributed by atoms with van der Waals surface area (Å²) in [6, 6.07) is 0. The Bertz CT molecular complexity index is 455. The second kappa shape index (κ2) is 5.30. The summed E-state index contributed by atoms with van der Waals surface area (Å²) in [5, 5.41) is 0.249. The first-order valence-electron chi connectivity index (χ1n) is 5.64. The lowest BCUT2D eigenvalue weighted by Crippen LogP contribution is -2.42. The molecule has 1 aromatic rings. The third-order valence-corrected chi connectivity index (χ3v) is 3.22. The Hall–Kier alpha value is -1.69. The number of carbonyl (C=O) groups excluding carboxylic acids is 2. The molecular weight excluding hydrogens is 256 g/mol. The van der Waals surface area contributed by atoms with E-state index in [0.29, 0.717) is 25.9 Å². The van der Waals surface area contributed by atoms with Crippen molar-refractivity contribution in [2.24, 2.45) is 11.7 Å². The minimum atomic E-state index is -0.298. The second-order valence-electron chi connectivity index (χ2n) is 4.19. The summed E-state index contributed by atoms with van der Waals surface area (Å²) in [6.45, 7) is 1.02. The fraction of sp³-hybridized carbons (Fsp3) is 0.455. The Kier molecular flexibility index (Phi) is 3.76. The number of nitrogens with two attached hydrogens (primary N) is 1. The predicted octanol–water partition coefficient (Wildman–Crippen LogP) is 0.468. The molecule has 2 amide bonds. The topological polar surface area (TPSA) is 89.2 Å². The van der Waals surface area contributed by atoms with Gasteiger partial charge in [-0.1, -0.05) is 11.6 Å². The quantitative estimate of drug-likeness (QED) is 0.844. The predicted molar refractivity (Wildman–Crippen MR) is 64.9 cm³/mol. The summed E-state index contributed by atoms with van der Waals surface area (Å²) in [7, 11) is 0. The van der Waals surface area contributed by atoms with Gasteiger partial charge in [-0.3, -0.25) is 9.59 Å². The molecule has 0 unspecified atom stereocenters. The number of hydrogen-bond acceptors (Lipinski definition) is 4. The highest BCUT2D eigenvalue weighted by molar-refractivity contribution is 6.29. The number of piperidine rings is 1. The van der Waals surface area contributed by atoms with E-state index < -0.39 is 0 Å². The number of halogens is 1. The van der Waals surface area contributed by atoms with E-state index in [1.807, 2.05) is 0 Å². The summed E-state index contributed by atoms with van der Waals surface area (Å²) in [5.41, 5.74) is 5.50. The van der Waals surface area contributed by atoms with Gasteiger partial charge in [-0.25, -0.2) is 9.97 Å². The zero-order valence-electron chi connectivity index (χ0n) is 9.67. The molecule has 18 heavy (non-hydrogen) atoms. The molecule has 1 aliphatic heterocycles. The molecule has 0 aliphatic carbocycles. The summed E-state index contributed by atoms with van der Waals surface area (Å²) in [4.78, 5) is 32.5. The van der Waals surface area contributed by atoms with Crippen molar-refractivity contribution in [3.05, 3.63) is 23.2 Å². The fourth-order valence-corrected chi connectivity index (χ4v) is 2.05. The van der Waals surface area contributed by atoms with Crippen molar-refractivity contribution in [1.82, 2.24) is 14.9 Å². The fourth-order valence-electron chi connectivity index (χ4n) is 1.95. The van der Waals surface area contributed by atoms with Gasteiger partial charge < -0.3 is 10.6 Å². The number of hydrogen-bond donors (Lipinski definition) is 1. The van der Waals surface area contributed by atoms with Crippen LogP contribution in [0.3, 0.4) is 0 Å². The van der Waals surface area contributed by atoms with Crippen molar-refractivity contribution >= 4 is 23.4 Å². The summed E-state index contributed by atoms with van der Waals surface area (Å²) >= 11 is 5.61. The van der Waals surface area contributed by atoms with Crippen molar-refractivity contribution in [3.63, 3.8) is 0 Å². The molecule has 96 valence electrons. The highest BCUT2D eigenvalue weighted by Gasteiger charge is 2.26. The van der Waals surface area contributed by atoms with Crippen LogP contribution in [0.1, 0.15) is 23.3 Å². The van der Waals surface area contributed by atoms with Gasteiger partial charge in [0.1, 0.15) is 10.8 Å². The molecule has 0 saturated carbocycles. The number of likely N-dealkylation sites (tertiary alicyclic amines) is 1. The molecule has 2 N–H and O–H groups in total. The molecule has 2 rings (SSSR count). The van der Waals surface area contributed by atoms with Gasteiger partial charge in [0.2, 0.25) is 5.91 Å². The number of nitrogens with zero attached hydrogens (tertiary/aromatic N) is 3. The lowest BCUT2D eigenvalue weighted by molar-refractivity contribution is -0.123. The van der Waals surface area contributed by atoms with Gasteiger partial charge in [-0.15, -0.1) is 0 Å². The van der Waals surface area contributed by atoms with Crippen LogP contribution in [0.2, 0.25) is 5.15 Å². The van der Waals surface area contributed by atoms with E-state index in [1.165, 1.54) is 12.4 Å². The van der Waals surface area contributed by atoms with Gasteiger partial charge in [0.05, 0.1) is 12.4 Å². The van der Waals surface area contributed by atoms with Gasteiger partial charge in [-0.2, -0.15) is 0 Å². The summed E-state index contributed by atoms with van der Waals surface area (Å²) in [6.07, 6.45) is 3.89. The van der Waals surface area contributed by atoms with E-state index >= 15 is 0 Å². The van der Waals surface area contributed by atoms with Gasteiger partial charge in [0, 0.05) is 19.0 Å². The Morgan fingerprint density at radius 3 is 2.44 bits per heavy atom. The van der Waals surface area contributed by atoms with Crippen molar-refractivity contribution < 1.29 is 9.59 Å². The highest BCUT2D eigenvalue weighted by Crippen LogP contribution is 2.18. The Balaban J connectivity index is 1.99. The van der Waals surface area contributed by atoms with Crippen molar-refractivity contribution in [2.75, 3.05) is 13.1 Å². The SMILES string of the molecule is NC(=O)C1CCN(C(=O)c2cnc(Cl)cn2)CC1. The van der Waals surface area contributed by atoms with Gasteiger partial charge >= 0.3 is 0 Å². The lowest BCUT2D eigenvalue weighted by Gasteiger charge is -2.30. The average Bonchev–Trinajstić information content (AvgIpc) is 2.39. The Labute approximate surface area is 109 Å². The Morgan fingerprint density at radius 1 is 1.28 bits per heavy atom. The first-order chi connectivity index (χ1) is 8.58. The number of rotatable bonds is 2. The average molecular weight is 269 g/mol. The van der Waals surface area contributed by atoms with Crippen LogP contribution in [-0.4, -0.2) is 39.8 Å². The molecule has 0 aromatic carbocycles. The normalized spacial score (nSPS) is 16.6. The zero-order valence-corrected chi connectivity index (χ0v) is 10.4. The molecular formula is C11H13ClN4O2. The standard InChI is InChI=1S/C11H13ClN4O2/c12-9-6-14-8(5-15-9)11(18)16-3-1-7(2-4-16)10(13)17/h5-7H,1-4H2,(H2,13,17). The molecule has 1 fully saturated rings. The Morgan fingerprint density at radius 2 is 1.94 bits per heavy atom. The van der Waals surface area contributed by atoms with Crippen LogP contribution in [0.5, 0.6) is 0 Å². The van der Waals surface area contributed by atoms with Crippen molar-refractivity contribution in [2.45, 2.75) is 12.8 Å². The maximum atomic E-state index is 12.1. The number of carbonyl (C=O) groups is 2. The smallest absolute Gasteiger partial charge is 0.274 e. The van der Waals surface area contributed by atoms with E-state index in [2.05, 4.69) is 9.97 Å². The number of primary amides is 1. The third-order valence-electron chi connectivity index (χ3n) is 3.02. The van der Waals surface area contributed by atoms with Crippen LogP contribution in [0, 0.1) is 5.92 Å². The van der Waals surface area contributed by atoms with Crippen LogP contribution in [0.4, 0.5) is 0 Å². The molecule has 1 aromatic heterocycles. The molecule has 0 bridgehead atoms. The minimum Gasteiger partial charge on any atom is -0.369 e. The highest BCUT2D eigenvalue weighted by atomic mass is 35.5. The molecule has 1 aliphatic rings. The first kappa shape index (κ1) is 12.8. The number of amides is 2. The van der Waals surface area contributed by atoms with E-state index in [-0.39, 0.29) is 28.6 Å². The van der Waals surface area contributed by atoms with Crippen LogP contribution in [-0.2, 0) is 4.79 Å². The van der Waals surface area contributed by atoms with Crippen LogP contribution < -0.4 is 5.73 Å². The van der Waals surface area contributed by atoms with E-state index in [4.69, 9.17) is 17.3 Å². The molecule has 0 atom stereocenters. The van der Waals surface area contributed by atoms with Gasteiger partial charge in [0.15, 0.2) is 0 Å². The molecule has 0 radical (unpaired) electrons. The van der Waals surface area contributed by atoms with Crippen LogP contribution in [0.15, 0.2) is 12.4 Å². The molecule has 6 nitrogen and oxygen atoms in total. The second-order valence-corrected chi connectivity index (χ2v) is 4.58. The van der Waals surface area contributed by atoms with Crippen LogP contribution in [0.25, 0.3) is 0 Å². The number of aromatic nitrogens is 2. The largest absolute Gasteiger partial charge is 0.369 e. The summed E-state index contributed by atoms with van der Waals surface area (Å²) in [5.74, 6) is -0.624. The van der Waals surface area contributed by atoms with Crippen molar-refractivity contribution in [1.29, 1.82) is 0 Å². The van der Waals surface area contributed by atoms with Crippen molar-refractivity contribution in [3.8, 4) is 0 Å². The van der Waals surface area contributed by atoms with Crippen LogP contribution >= 0.6 is 11.6 Å². The van der Waals surface area contributed by atoms with Gasteiger partial charge in [-0.05, 0) is 12.8 Å². The summed E-state index contributed by atoms with van der Waals surface area (Å²) < 4.78 is 0. The zero-order chi connectivity index (χ0) is 13.1. The van der Waals surface area contributed by atoms with E-state index in [0.717, 1.165) is 0 Å². The minimum absolute atomic E-state index is 0.134. The van der Waals surface area contributed by atoms with E-state index in [1.54, 1.807) is 4.90 Å². The molecule has 1 saturated heterocycles. The molecule has 7 heteroatoms.